The van der Waals surface area contributed by atoms with Gasteiger partial charge in [-0.25, -0.2) is 0 Å². The van der Waals surface area contributed by atoms with Crippen LogP contribution in [0.4, 0.5) is 0 Å². The van der Waals surface area contributed by atoms with E-state index < -0.39 is 0 Å². The fourth-order valence-corrected chi connectivity index (χ4v) is 0.206. The summed E-state index contributed by atoms with van der Waals surface area (Å²) in [6, 6.07) is 0. The second-order valence-electron chi connectivity index (χ2n) is 0.679. The van der Waals surface area contributed by atoms with Crippen molar-refractivity contribution in [3.63, 3.8) is 0 Å². The maximum atomic E-state index is 8.04. The third-order valence-corrected chi connectivity index (χ3v) is 0.475. The molecule has 0 fully saturated rings. The van der Waals surface area contributed by atoms with Gasteiger partial charge in [-0.3, -0.25) is 0 Å². The summed E-state index contributed by atoms with van der Waals surface area (Å²) in [5.41, 5.74) is 0. The van der Waals surface area contributed by atoms with Gasteiger partial charge in [0.2, 0.25) is 0 Å². The molecule has 0 aliphatic heterocycles. The monoisotopic (exact) mass is 158 g/mol. The van der Waals surface area contributed by atoms with Crippen LogP contribution in [0.15, 0.2) is 0 Å². The third-order valence-electron chi connectivity index (χ3n) is 0.277. The summed E-state index contributed by atoms with van der Waals surface area (Å²) in [5.74, 6) is 7.12. The molecular formula is C5H3BrO. The van der Waals surface area contributed by atoms with Crippen molar-refractivity contribution in [3.8, 4) is 22.6 Å². The van der Waals surface area contributed by atoms with Crippen LogP contribution in [0.1, 0.15) is 0 Å². The Morgan fingerprint density at radius 3 is 2.57 bits per heavy atom. The summed E-state index contributed by atoms with van der Waals surface area (Å²) in [6.07, 6.45) is 0. The van der Waals surface area contributed by atoms with Crippen molar-refractivity contribution in [2.24, 2.45) is 0 Å². The second kappa shape index (κ2) is 5.56. The van der Waals surface area contributed by atoms with Crippen LogP contribution >= 0.6 is 15.9 Å². The Bertz CT molecular complexity index is 141. The number of hydrogen-bond acceptors (Lipinski definition) is 1. The molecule has 1 N–H and O–H groups in total. The van der Waals surface area contributed by atoms with Crippen molar-refractivity contribution in [1.82, 2.24) is 0 Å². The van der Waals surface area contributed by atoms with Gasteiger partial charge in [0.05, 0.1) is 0 Å². The minimum atomic E-state index is -0.123. The van der Waals surface area contributed by atoms with E-state index >= 15 is 0 Å². The molecule has 0 amide bonds. The van der Waals surface area contributed by atoms with Crippen LogP contribution in [-0.2, 0) is 0 Å². The van der Waals surface area contributed by atoms with Crippen LogP contribution in [0.5, 0.6) is 0 Å². The Labute approximate surface area is 50.9 Å². The van der Waals surface area contributed by atoms with Crippen LogP contribution in [0.3, 0.4) is 0 Å². The summed E-state index contributed by atoms with van der Waals surface area (Å²) in [6.45, 7) is -0.123. The van der Waals surface area contributed by atoms with Crippen molar-refractivity contribution >= 4 is 15.9 Å². The molecule has 0 saturated heterocycles. The first kappa shape index (κ1) is 6.56. The van der Waals surface area contributed by atoms with Crippen LogP contribution in [0.2, 0.25) is 0 Å². The van der Waals surface area contributed by atoms with E-state index in [1.165, 1.54) is 0 Å². The van der Waals surface area contributed by atoms with E-state index in [-0.39, 0.29) is 6.61 Å². The Morgan fingerprint density at radius 2 is 2.14 bits per heavy atom. The van der Waals surface area contributed by atoms with Gasteiger partial charge in [0.25, 0.3) is 0 Å². The molecule has 0 aliphatic rings. The lowest BCUT2D eigenvalue weighted by atomic mass is 10.6. The van der Waals surface area contributed by atoms with E-state index in [1.54, 1.807) is 0 Å². The first-order valence-corrected chi connectivity index (χ1v) is 2.40. The summed E-state index contributed by atoms with van der Waals surface area (Å²) in [5, 5.41) is 8.04. The minimum Gasteiger partial charge on any atom is -0.384 e. The molecular weight excluding hydrogens is 156 g/mol. The van der Waals surface area contributed by atoms with E-state index in [0.717, 1.165) is 0 Å². The van der Waals surface area contributed by atoms with Crippen LogP contribution in [0.25, 0.3) is 0 Å². The quantitative estimate of drug-likeness (QED) is 0.505. The van der Waals surface area contributed by atoms with Crippen molar-refractivity contribution in [1.29, 1.82) is 0 Å². The van der Waals surface area contributed by atoms with Crippen LogP contribution < -0.4 is 0 Å². The number of aliphatic hydroxyl groups is 1. The molecule has 0 heterocycles. The third kappa shape index (κ3) is 5.56. The molecule has 0 rings (SSSR count). The molecule has 0 aromatic carbocycles. The van der Waals surface area contributed by atoms with Gasteiger partial charge in [-0.05, 0) is 16.7 Å². The lowest BCUT2D eigenvalue weighted by Gasteiger charge is -1.60. The lowest BCUT2D eigenvalue weighted by Crippen LogP contribution is -1.67. The Morgan fingerprint density at radius 1 is 1.43 bits per heavy atom. The molecule has 7 heavy (non-hydrogen) atoms. The SMILES string of the molecule is OCC#CC#CBr. The standard InChI is InChI=1S/C5H3BrO/c6-4-2-1-3-5-7/h7H,5H2. The molecule has 0 spiro atoms. The van der Waals surface area contributed by atoms with E-state index in [1.807, 2.05) is 0 Å². The fraction of sp³-hybridized carbons (Fsp3) is 0.200. The highest BCUT2D eigenvalue weighted by Crippen LogP contribution is 1.65. The lowest BCUT2D eigenvalue weighted by molar-refractivity contribution is 0.350. The summed E-state index contributed by atoms with van der Waals surface area (Å²) >= 11 is 2.83. The Kier molecular flexibility index (Phi) is 5.21. The van der Waals surface area contributed by atoms with Gasteiger partial charge in [0.1, 0.15) is 6.61 Å². The predicted octanol–water partition coefficient (Wildman–Crippen LogP) is 0.338. The van der Waals surface area contributed by atoms with Gasteiger partial charge in [0, 0.05) is 15.9 Å². The van der Waals surface area contributed by atoms with Crippen LogP contribution in [-0.4, -0.2) is 11.7 Å². The molecule has 0 atom stereocenters. The van der Waals surface area contributed by atoms with E-state index in [0.29, 0.717) is 0 Å². The number of aliphatic hydroxyl groups excluding tert-OH is 1. The van der Waals surface area contributed by atoms with Crippen LogP contribution in [0, 0.1) is 22.6 Å². The Hall–Kier alpha value is -0.440. The van der Waals surface area contributed by atoms with Gasteiger partial charge in [-0.1, -0.05) is 5.92 Å². The predicted molar refractivity (Wildman–Crippen MR) is 31.6 cm³/mol. The largest absolute Gasteiger partial charge is 0.384 e. The summed E-state index contributed by atoms with van der Waals surface area (Å²) in [7, 11) is 0. The number of rotatable bonds is 0. The zero-order valence-electron chi connectivity index (χ0n) is 3.53. The molecule has 1 nitrogen and oxygen atoms in total. The van der Waals surface area contributed by atoms with E-state index in [2.05, 4.69) is 38.5 Å². The molecule has 0 saturated carbocycles. The summed E-state index contributed by atoms with van der Waals surface area (Å²) in [4.78, 5) is 2.38. The zero-order valence-corrected chi connectivity index (χ0v) is 5.12. The molecule has 0 aromatic heterocycles. The topological polar surface area (TPSA) is 20.2 Å². The maximum absolute atomic E-state index is 8.04. The first-order chi connectivity index (χ1) is 3.41. The van der Waals surface area contributed by atoms with Gasteiger partial charge in [0.15, 0.2) is 0 Å². The molecule has 0 radical (unpaired) electrons. The average Bonchev–Trinajstić information content (AvgIpc) is 1.69. The highest BCUT2D eigenvalue weighted by atomic mass is 79.9. The average molecular weight is 159 g/mol. The second-order valence-corrected chi connectivity index (χ2v) is 1.08. The van der Waals surface area contributed by atoms with E-state index in [4.69, 9.17) is 5.11 Å². The van der Waals surface area contributed by atoms with Gasteiger partial charge in [-0.15, -0.1) is 0 Å². The van der Waals surface area contributed by atoms with Crippen molar-refractivity contribution in [2.45, 2.75) is 0 Å². The number of hydrogen-bond donors (Lipinski definition) is 1. The van der Waals surface area contributed by atoms with Gasteiger partial charge >= 0.3 is 0 Å². The fourth-order valence-electron chi connectivity index (χ4n) is 0.107. The molecule has 2 heteroatoms. The highest BCUT2D eigenvalue weighted by molar-refractivity contribution is 9.12. The zero-order chi connectivity index (χ0) is 5.54. The first-order valence-electron chi connectivity index (χ1n) is 1.61. The molecule has 0 unspecified atom stereocenters. The molecule has 0 aromatic rings. The van der Waals surface area contributed by atoms with Crippen molar-refractivity contribution in [2.75, 3.05) is 6.61 Å². The molecule has 36 valence electrons. The van der Waals surface area contributed by atoms with Crippen molar-refractivity contribution < 1.29 is 5.11 Å². The Balaban J connectivity index is 3.39. The molecule has 0 bridgehead atoms. The summed E-state index contributed by atoms with van der Waals surface area (Å²) < 4.78 is 0. The van der Waals surface area contributed by atoms with Gasteiger partial charge < -0.3 is 5.11 Å². The molecule has 0 aliphatic carbocycles. The maximum Gasteiger partial charge on any atom is 0.105 e. The van der Waals surface area contributed by atoms with Crippen molar-refractivity contribution in [3.05, 3.63) is 0 Å². The highest BCUT2D eigenvalue weighted by Gasteiger charge is 1.54. The normalized spacial score (nSPS) is 4.86. The van der Waals surface area contributed by atoms with E-state index in [9.17, 15) is 0 Å². The number of halogens is 1. The minimum absolute atomic E-state index is 0.123. The van der Waals surface area contributed by atoms with Gasteiger partial charge in [-0.2, -0.15) is 0 Å². The smallest absolute Gasteiger partial charge is 0.105 e.